The van der Waals surface area contributed by atoms with Crippen LogP contribution in [0.4, 0.5) is 5.82 Å². The van der Waals surface area contributed by atoms with Gasteiger partial charge in [-0.05, 0) is 6.92 Å². The van der Waals surface area contributed by atoms with Gasteiger partial charge in [0.25, 0.3) is 0 Å². The SMILES string of the molecule is CC(=O)C(=O)O.CC(=O)CC(=O)SCCNC(=O)CCNC(=O)[C@H](O)C(C)(C)COP(=O)(O)OP(=O)(O)OC[C@H]1O[C@@H](n2cnc3c(N)ncnc32)[C@H](O)[C@@H]1OP(=O)(O)O. The van der Waals surface area contributed by atoms with Crippen molar-refractivity contribution in [1.82, 2.24) is 30.2 Å². The van der Waals surface area contributed by atoms with Gasteiger partial charge in [0.2, 0.25) is 17.6 Å². The number of ketones is 2. The lowest BCUT2D eigenvalue weighted by atomic mass is 9.87. The van der Waals surface area contributed by atoms with Gasteiger partial charge in [0.15, 0.2) is 22.8 Å². The van der Waals surface area contributed by atoms with Gasteiger partial charge in [-0.25, -0.2) is 33.4 Å². The normalized spacial score (nSPS) is 20.5. The van der Waals surface area contributed by atoms with Gasteiger partial charge in [-0.3, -0.25) is 42.1 Å². The minimum Gasteiger partial charge on any atom is -0.476 e. The van der Waals surface area contributed by atoms with Gasteiger partial charge in [0.05, 0.1) is 26.0 Å². The van der Waals surface area contributed by atoms with Crippen molar-refractivity contribution in [2.45, 2.75) is 71.2 Å². The van der Waals surface area contributed by atoms with Crippen LogP contribution in [0, 0.1) is 5.41 Å². The second kappa shape index (κ2) is 22.5. The van der Waals surface area contributed by atoms with Gasteiger partial charge in [0.1, 0.15) is 42.0 Å². The van der Waals surface area contributed by atoms with E-state index >= 15 is 0 Å². The first-order valence-electron chi connectivity index (χ1n) is 16.8. The van der Waals surface area contributed by atoms with E-state index < -0.39 is 96.3 Å². The molecule has 1 saturated heterocycles. The zero-order valence-corrected chi connectivity index (χ0v) is 35.5. The number of Topliss-reactive ketones (excluding diaryl/α,β-unsaturated/α-hetero) is 2. The number of anilines is 1. The standard InChI is InChI=1S/C25H40N7O18P3S.C3H4O3/c1-13(33)8-16(35)54-7-6-27-15(34)4-5-28-23(38)20(37)25(2,3)10-47-53(44,45)50-52(42,43)46-9-14-19(49-51(39,40)41)18(36)24(48-14)32-12-31-17-21(26)29-11-30-22(17)32;1-2(4)3(5)6/h11-12,14,18-20,24,36-37H,4-10H2,1-3H3,(H,27,34)(H,28,38)(H,42,43)(H,44,45)(H2,26,29,30)(H2,39,40,41);1H3,(H,5,6)/t14-,18-,19-,20+,24-;/m1./s1. The van der Waals surface area contributed by atoms with Crippen LogP contribution in [0.3, 0.4) is 0 Å². The van der Waals surface area contributed by atoms with Crippen LogP contribution in [-0.4, -0.2) is 145 Å². The highest BCUT2D eigenvalue weighted by Crippen LogP contribution is 2.61. The van der Waals surface area contributed by atoms with Gasteiger partial charge in [-0.15, -0.1) is 0 Å². The van der Waals surface area contributed by atoms with E-state index in [4.69, 9.17) is 24.6 Å². The maximum Gasteiger partial charge on any atom is 0.481 e. The summed E-state index contributed by atoms with van der Waals surface area (Å²) >= 11 is 0.878. The van der Waals surface area contributed by atoms with Crippen molar-refractivity contribution < 1.29 is 100.0 Å². The first-order valence-corrected chi connectivity index (χ1v) is 22.3. The second-order valence-corrected chi connectivity index (χ2v) is 18.4. The number of nitrogens with one attached hydrogen (secondary N) is 2. The number of nitrogens with two attached hydrogens (primary N) is 1. The molecule has 1 aliphatic rings. The molecule has 0 saturated carbocycles. The van der Waals surface area contributed by atoms with Crippen molar-refractivity contribution >= 4 is 86.7 Å². The molecular formula is C28H44N7O21P3S. The maximum absolute atomic E-state index is 12.6. The molecule has 0 radical (unpaired) electrons. The molecule has 2 aromatic heterocycles. The van der Waals surface area contributed by atoms with Crippen LogP contribution in [-0.2, 0) is 65.1 Å². The number of hydrogen-bond acceptors (Lipinski definition) is 21. The number of imidazole rings is 1. The molecule has 2 amide bonds. The number of carboxylic acids is 1. The third-order valence-corrected chi connectivity index (χ3v) is 11.4. The molecule has 2 aromatic rings. The highest BCUT2D eigenvalue weighted by atomic mass is 32.2. The number of aliphatic hydroxyl groups excluding tert-OH is 2. The van der Waals surface area contributed by atoms with Crippen LogP contribution in [0.5, 0.6) is 0 Å². The summed E-state index contributed by atoms with van der Waals surface area (Å²) in [5.74, 6) is -3.81. The van der Waals surface area contributed by atoms with Crippen LogP contribution in [0.25, 0.3) is 11.2 Å². The van der Waals surface area contributed by atoms with E-state index in [9.17, 15) is 72.2 Å². The molecule has 0 bridgehead atoms. The summed E-state index contributed by atoms with van der Waals surface area (Å²) in [5.41, 5.74) is 4.22. The maximum atomic E-state index is 12.6. The topological polar surface area (TPSA) is 435 Å². The number of nitrogens with zero attached hydrogens (tertiary/aromatic N) is 4. The number of carbonyl (C=O) groups excluding carboxylic acids is 5. The number of fused-ring (bicyclic) bond motifs is 1. The molecule has 7 atom stereocenters. The summed E-state index contributed by atoms with van der Waals surface area (Å²) in [6.07, 6.45) is -7.24. The Bertz CT molecular complexity index is 2020. The van der Waals surface area contributed by atoms with Crippen molar-refractivity contribution in [1.29, 1.82) is 0 Å². The van der Waals surface area contributed by atoms with Gasteiger partial charge in [0, 0.05) is 37.6 Å². The number of carboxylic acid groups (broad SMARTS) is 1. The molecule has 0 spiro atoms. The molecule has 1 fully saturated rings. The molecule has 32 heteroatoms. The van der Waals surface area contributed by atoms with Crippen molar-refractivity contribution in [3.63, 3.8) is 0 Å². The number of aromatic nitrogens is 4. The number of thioether (sulfide) groups is 1. The van der Waals surface area contributed by atoms with Gasteiger partial charge >= 0.3 is 29.4 Å². The molecule has 0 aromatic carbocycles. The Morgan fingerprint density at radius 2 is 1.62 bits per heavy atom. The summed E-state index contributed by atoms with van der Waals surface area (Å²) in [5, 5.41) is 33.5. The Balaban J connectivity index is 0.00000192. The monoisotopic (exact) mass is 939 g/mol. The summed E-state index contributed by atoms with van der Waals surface area (Å²) in [7, 11) is -16.4. The number of phosphoric ester groups is 3. The Kier molecular flexibility index (Phi) is 19.7. The van der Waals surface area contributed by atoms with E-state index in [1.165, 1.54) is 20.8 Å². The van der Waals surface area contributed by atoms with E-state index in [0.29, 0.717) is 0 Å². The number of amides is 2. The van der Waals surface area contributed by atoms with E-state index in [2.05, 4.69) is 34.4 Å². The van der Waals surface area contributed by atoms with Crippen LogP contribution in [0.1, 0.15) is 46.8 Å². The zero-order valence-electron chi connectivity index (χ0n) is 32.0. The molecule has 3 heterocycles. The molecule has 3 rings (SSSR count). The molecule has 0 aliphatic carbocycles. The quantitative estimate of drug-likeness (QED) is 0.0272. The minimum atomic E-state index is -5.58. The Morgan fingerprint density at radius 1 is 1.00 bits per heavy atom. The van der Waals surface area contributed by atoms with Crippen molar-refractivity contribution in [2.24, 2.45) is 5.41 Å². The summed E-state index contributed by atoms with van der Waals surface area (Å²) in [6, 6.07) is 0. The average molecular weight is 940 g/mol. The first kappa shape index (κ1) is 52.5. The lowest BCUT2D eigenvalue weighted by molar-refractivity contribution is -0.148. The van der Waals surface area contributed by atoms with Crippen LogP contribution >= 0.6 is 35.2 Å². The van der Waals surface area contributed by atoms with Crippen LogP contribution in [0.15, 0.2) is 12.7 Å². The second-order valence-electron chi connectivity index (χ2n) is 13.0. The number of hydrogen-bond donors (Lipinski definition) is 10. The average Bonchev–Trinajstić information content (AvgIpc) is 3.68. The molecule has 11 N–H and O–H groups in total. The number of rotatable bonds is 22. The summed E-state index contributed by atoms with van der Waals surface area (Å²) in [6.45, 7) is 2.58. The number of aliphatic hydroxyl groups is 2. The van der Waals surface area contributed by atoms with Crippen molar-refractivity contribution in [2.75, 3.05) is 37.8 Å². The Morgan fingerprint density at radius 3 is 2.20 bits per heavy atom. The first-order chi connectivity index (χ1) is 27.6. The van der Waals surface area contributed by atoms with Crippen molar-refractivity contribution in [3.8, 4) is 0 Å². The number of phosphoric acid groups is 3. The smallest absolute Gasteiger partial charge is 0.476 e. The number of aliphatic carboxylic acids is 1. The Labute approximate surface area is 343 Å². The fraction of sp³-hybridized carbons (Fsp3) is 0.607. The lowest BCUT2D eigenvalue weighted by Crippen LogP contribution is -2.46. The van der Waals surface area contributed by atoms with Crippen LogP contribution in [0.2, 0.25) is 0 Å². The van der Waals surface area contributed by atoms with E-state index in [1.807, 2.05) is 0 Å². The predicted molar refractivity (Wildman–Crippen MR) is 201 cm³/mol. The molecule has 338 valence electrons. The minimum absolute atomic E-state index is 0.0240. The van der Waals surface area contributed by atoms with E-state index in [0.717, 1.165) is 35.9 Å². The number of ether oxygens (including phenoxy) is 1. The molecule has 60 heavy (non-hydrogen) atoms. The third kappa shape index (κ3) is 17.4. The fourth-order valence-electron chi connectivity index (χ4n) is 4.55. The molecule has 28 nitrogen and oxygen atoms in total. The van der Waals surface area contributed by atoms with Gasteiger partial charge < -0.3 is 56.0 Å². The molecule has 1 aliphatic heterocycles. The predicted octanol–water partition coefficient (Wildman–Crippen LogP) is -1.70. The van der Waals surface area contributed by atoms with Crippen molar-refractivity contribution in [3.05, 3.63) is 12.7 Å². The summed E-state index contributed by atoms with van der Waals surface area (Å²) in [4.78, 5) is 117. The molecular weight excluding hydrogens is 895 g/mol. The van der Waals surface area contributed by atoms with E-state index in [1.54, 1.807) is 0 Å². The largest absolute Gasteiger partial charge is 0.481 e. The summed E-state index contributed by atoms with van der Waals surface area (Å²) < 4.78 is 61.9. The van der Waals surface area contributed by atoms with Gasteiger partial charge in [-0.1, -0.05) is 25.6 Å². The zero-order chi connectivity index (χ0) is 45.8. The third-order valence-electron chi connectivity index (χ3n) is 7.46. The molecule has 2 unspecified atom stereocenters. The number of nitrogen functional groups attached to an aromatic ring is 1. The Hall–Kier alpha value is -3.63. The van der Waals surface area contributed by atoms with Crippen LogP contribution < -0.4 is 16.4 Å². The number of carbonyl (C=O) groups is 6. The fourth-order valence-corrected chi connectivity index (χ4v) is 8.12. The highest BCUT2D eigenvalue weighted by molar-refractivity contribution is 8.13. The highest BCUT2D eigenvalue weighted by Gasteiger charge is 2.50. The van der Waals surface area contributed by atoms with Gasteiger partial charge in [-0.2, -0.15) is 4.31 Å². The lowest BCUT2D eigenvalue weighted by Gasteiger charge is -2.30. The van der Waals surface area contributed by atoms with E-state index in [-0.39, 0.29) is 59.6 Å².